The molecule has 0 saturated carbocycles. The maximum atomic E-state index is 13.8. The molecule has 3 aromatic rings. The summed E-state index contributed by atoms with van der Waals surface area (Å²) in [5.74, 6) is -1.14. The number of carbonyl (C=O) groups is 5. The minimum Gasteiger partial charge on any atom is -0.492 e. The van der Waals surface area contributed by atoms with Crippen molar-refractivity contribution in [3.05, 3.63) is 108 Å². The number of halogens is 1. The molecule has 0 aliphatic carbocycles. The summed E-state index contributed by atoms with van der Waals surface area (Å²) in [6, 6.07) is 24.0. The van der Waals surface area contributed by atoms with Crippen LogP contribution in [0.3, 0.4) is 0 Å². The number of unbranched alkanes of at least 4 members (excludes halogenated alkanes) is 1. The van der Waals surface area contributed by atoms with Crippen LogP contribution in [0.25, 0.3) is 6.08 Å². The molecule has 53 heavy (non-hydrogen) atoms. The highest BCUT2D eigenvalue weighted by molar-refractivity contribution is 5.93. The Morgan fingerprint density at radius 3 is 2.32 bits per heavy atom. The minimum atomic E-state index is -0.954. The molecule has 3 aromatic carbocycles. The van der Waals surface area contributed by atoms with Gasteiger partial charge in [0, 0.05) is 38.6 Å². The Morgan fingerprint density at radius 2 is 1.57 bits per heavy atom. The summed E-state index contributed by atoms with van der Waals surface area (Å²) < 4.78 is 5.82. The van der Waals surface area contributed by atoms with Crippen LogP contribution in [0.15, 0.2) is 91.0 Å². The zero-order valence-electron chi connectivity index (χ0n) is 30.0. The summed E-state index contributed by atoms with van der Waals surface area (Å²) in [6.07, 6.45) is 5.65. The Balaban J connectivity index is 0.00000756. The fourth-order valence-corrected chi connectivity index (χ4v) is 5.75. The van der Waals surface area contributed by atoms with Crippen molar-refractivity contribution in [2.24, 2.45) is 5.73 Å². The van der Waals surface area contributed by atoms with E-state index in [9.17, 15) is 24.0 Å². The van der Waals surface area contributed by atoms with Gasteiger partial charge in [0.15, 0.2) is 0 Å². The number of hydrogen-bond donors (Lipinski definition) is 5. The second kappa shape index (κ2) is 23.4. The predicted molar refractivity (Wildman–Crippen MR) is 207 cm³/mol. The number of nitrogens with two attached hydrogens (primary N) is 1. The van der Waals surface area contributed by atoms with Crippen LogP contribution in [0, 0.1) is 0 Å². The van der Waals surface area contributed by atoms with E-state index in [4.69, 9.17) is 10.5 Å². The van der Waals surface area contributed by atoms with Gasteiger partial charge in [-0.1, -0.05) is 72.8 Å². The van der Waals surface area contributed by atoms with Crippen LogP contribution in [0.1, 0.15) is 48.8 Å². The molecular formula is C40H51ClN6O6. The third-order valence-electron chi connectivity index (χ3n) is 8.51. The number of benzene rings is 3. The third kappa shape index (κ3) is 15.5. The van der Waals surface area contributed by atoms with Gasteiger partial charge in [0.1, 0.15) is 24.4 Å². The van der Waals surface area contributed by atoms with Gasteiger partial charge in [-0.05, 0) is 67.1 Å². The zero-order valence-corrected chi connectivity index (χ0v) is 30.8. The predicted octanol–water partition coefficient (Wildman–Crippen LogP) is 2.94. The van der Waals surface area contributed by atoms with Crippen molar-refractivity contribution in [3.63, 3.8) is 0 Å². The summed E-state index contributed by atoms with van der Waals surface area (Å²) in [6.45, 7) is 1.54. The molecule has 0 fully saturated rings. The van der Waals surface area contributed by atoms with Crippen molar-refractivity contribution >= 4 is 48.0 Å². The first-order valence-electron chi connectivity index (χ1n) is 17.9. The highest BCUT2D eigenvalue weighted by Gasteiger charge is 2.27. The average molecular weight is 747 g/mol. The first-order valence-corrected chi connectivity index (χ1v) is 17.9. The van der Waals surface area contributed by atoms with E-state index < -0.39 is 23.9 Å². The van der Waals surface area contributed by atoms with E-state index in [0.717, 1.165) is 11.1 Å². The van der Waals surface area contributed by atoms with E-state index in [1.165, 1.54) is 6.08 Å². The molecule has 4 rings (SSSR count). The second-order valence-corrected chi connectivity index (χ2v) is 12.6. The van der Waals surface area contributed by atoms with Crippen molar-refractivity contribution in [2.75, 3.05) is 39.3 Å². The van der Waals surface area contributed by atoms with Gasteiger partial charge in [-0.15, -0.1) is 12.4 Å². The van der Waals surface area contributed by atoms with Crippen LogP contribution >= 0.6 is 12.4 Å². The normalized spacial score (nSPS) is 18.4. The molecule has 0 radical (unpaired) electrons. The molecule has 2 atom stereocenters. The van der Waals surface area contributed by atoms with Crippen LogP contribution in [-0.2, 0) is 36.8 Å². The standard InChI is InChI=1S/C40H50N6O6.ClH/c41-21-8-7-17-34-40(51)45-35(28-31-13-5-2-6-14-31)39(50)43-22-25-46(38(49)20-19-30-11-3-1-4-12-30)24-10-18-36(47)42-23-26-52-33-16-9-15-32(27-33)29-37(48)44-34;/h1-6,9,11-16,19-20,27,34-35H,7-8,10,17-18,21-26,28-29,41H2,(H,42,47)(H,43,50)(H,44,48)(H,45,51);1H/t34-,35+;/m0./s1. The van der Waals surface area contributed by atoms with Crippen LogP contribution in [-0.4, -0.2) is 85.9 Å². The van der Waals surface area contributed by atoms with Crippen molar-refractivity contribution in [1.29, 1.82) is 0 Å². The number of carbonyl (C=O) groups excluding carboxylic acids is 5. The molecule has 0 unspecified atom stereocenters. The molecule has 284 valence electrons. The molecule has 0 spiro atoms. The number of rotatable bonds is 8. The lowest BCUT2D eigenvalue weighted by atomic mass is 10.0. The van der Waals surface area contributed by atoms with E-state index in [1.54, 1.807) is 35.2 Å². The Hall–Kier alpha value is -5.20. The minimum absolute atomic E-state index is 0. The van der Waals surface area contributed by atoms with Crippen LogP contribution in [0.2, 0.25) is 0 Å². The lowest BCUT2D eigenvalue weighted by Crippen LogP contribution is -2.55. The molecule has 1 aliphatic rings. The van der Waals surface area contributed by atoms with Crippen LogP contribution in [0.4, 0.5) is 0 Å². The van der Waals surface area contributed by atoms with Gasteiger partial charge in [0.05, 0.1) is 13.0 Å². The van der Waals surface area contributed by atoms with E-state index in [-0.39, 0.29) is 75.6 Å². The smallest absolute Gasteiger partial charge is 0.246 e. The lowest BCUT2D eigenvalue weighted by Gasteiger charge is -2.25. The molecule has 13 heteroatoms. The number of nitrogens with one attached hydrogen (secondary N) is 4. The molecular weight excluding hydrogens is 696 g/mol. The Bertz CT molecular complexity index is 1640. The van der Waals surface area contributed by atoms with Crippen LogP contribution < -0.4 is 31.7 Å². The fraction of sp³-hybridized carbons (Fsp3) is 0.375. The van der Waals surface area contributed by atoms with Crippen molar-refractivity contribution in [2.45, 2.75) is 57.0 Å². The highest BCUT2D eigenvalue weighted by atomic mass is 35.5. The van der Waals surface area contributed by atoms with Gasteiger partial charge in [0.2, 0.25) is 29.5 Å². The SMILES string of the molecule is Cl.NCCCC[C@@H]1NC(=O)Cc2cccc(c2)OCCNC(=O)CCCN(C(=O)C=Cc2ccccc2)CCNC(=O)[C@@H](Cc2ccccc2)NC1=O. The summed E-state index contributed by atoms with van der Waals surface area (Å²) in [5.41, 5.74) is 8.11. The lowest BCUT2D eigenvalue weighted by molar-refractivity contribution is -0.132. The third-order valence-corrected chi connectivity index (χ3v) is 8.51. The molecule has 12 nitrogen and oxygen atoms in total. The summed E-state index contributed by atoms with van der Waals surface area (Å²) in [4.78, 5) is 68.2. The van der Waals surface area contributed by atoms with E-state index in [2.05, 4.69) is 21.3 Å². The van der Waals surface area contributed by atoms with Gasteiger partial charge in [0.25, 0.3) is 0 Å². The number of hydrogen-bond acceptors (Lipinski definition) is 7. The second-order valence-electron chi connectivity index (χ2n) is 12.6. The van der Waals surface area contributed by atoms with E-state index in [0.29, 0.717) is 50.1 Å². The van der Waals surface area contributed by atoms with Crippen molar-refractivity contribution in [1.82, 2.24) is 26.2 Å². The quantitative estimate of drug-likeness (QED) is 0.174. The highest BCUT2D eigenvalue weighted by Crippen LogP contribution is 2.14. The summed E-state index contributed by atoms with van der Waals surface area (Å²) in [5, 5.41) is 11.5. The number of amides is 5. The first-order chi connectivity index (χ1) is 25.3. The molecule has 1 aliphatic heterocycles. The molecule has 0 saturated heterocycles. The number of nitrogens with zero attached hydrogens (tertiary/aromatic N) is 1. The fourth-order valence-electron chi connectivity index (χ4n) is 5.75. The zero-order chi connectivity index (χ0) is 37.0. The Morgan fingerprint density at radius 1 is 0.811 bits per heavy atom. The molecule has 2 bridgehead atoms. The van der Waals surface area contributed by atoms with Crippen LogP contribution in [0.5, 0.6) is 5.75 Å². The topological polar surface area (TPSA) is 172 Å². The largest absolute Gasteiger partial charge is 0.492 e. The van der Waals surface area contributed by atoms with Gasteiger partial charge < -0.3 is 36.6 Å². The molecule has 5 amide bonds. The van der Waals surface area contributed by atoms with Gasteiger partial charge >= 0.3 is 0 Å². The van der Waals surface area contributed by atoms with Crippen molar-refractivity contribution < 1.29 is 28.7 Å². The Labute approximate surface area is 317 Å². The maximum absolute atomic E-state index is 13.8. The van der Waals surface area contributed by atoms with E-state index in [1.807, 2.05) is 60.7 Å². The summed E-state index contributed by atoms with van der Waals surface area (Å²) >= 11 is 0. The van der Waals surface area contributed by atoms with Gasteiger partial charge in [-0.3, -0.25) is 24.0 Å². The number of fused-ring (bicyclic) bond motifs is 2. The average Bonchev–Trinajstić information content (AvgIpc) is 3.15. The van der Waals surface area contributed by atoms with Gasteiger partial charge in [-0.25, -0.2) is 0 Å². The van der Waals surface area contributed by atoms with Gasteiger partial charge in [-0.2, -0.15) is 0 Å². The summed E-state index contributed by atoms with van der Waals surface area (Å²) in [7, 11) is 0. The molecule has 1 heterocycles. The number of ether oxygens (including phenoxy) is 1. The molecule has 6 N–H and O–H groups in total. The van der Waals surface area contributed by atoms with Crippen molar-refractivity contribution in [3.8, 4) is 5.75 Å². The molecule has 0 aromatic heterocycles. The first kappa shape index (κ1) is 42.2. The maximum Gasteiger partial charge on any atom is 0.246 e. The Kier molecular flexibility index (Phi) is 18.6. The monoisotopic (exact) mass is 746 g/mol. The van der Waals surface area contributed by atoms with E-state index >= 15 is 0 Å².